The molecule has 2 N–H and O–H groups in total. The van der Waals surface area contributed by atoms with Gasteiger partial charge in [-0.1, -0.05) is 25.1 Å². The second-order valence-electron chi connectivity index (χ2n) is 4.58. The maximum atomic E-state index is 12.2. The van der Waals surface area contributed by atoms with Crippen LogP contribution in [-0.4, -0.2) is 28.6 Å². The van der Waals surface area contributed by atoms with Crippen molar-refractivity contribution >= 4 is 16.8 Å². The largest absolute Gasteiger partial charge is 0.394 e. The summed E-state index contributed by atoms with van der Waals surface area (Å²) in [4.78, 5) is 16.6. The minimum atomic E-state index is -0.210. The van der Waals surface area contributed by atoms with Gasteiger partial charge in [-0.25, -0.2) is 0 Å². The lowest BCUT2D eigenvalue weighted by Gasteiger charge is -2.15. The van der Waals surface area contributed by atoms with Crippen molar-refractivity contribution in [3.63, 3.8) is 0 Å². The molecule has 0 bridgehead atoms. The molecule has 0 aliphatic carbocycles. The van der Waals surface area contributed by atoms with Crippen molar-refractivity contribution in [2.75, 3.05) is 6.61 Å². The molecule has 4 heteroatoms. The molecule has 19 heavy (non-hydrogen) atoms. The zero-order chi connectivity index (χ0) is 13.8. The van der Waals surface area contributed by atoms with Gasteiger partial charge < -0.3 is 10.4 Å². The molecule has 2 aromatic rings. The van der Waals surface area contributed by atoms with E-state index in [0.29, 0.717) is 17.7 Å². The fraction of sp³-hybridized carbons (Fsp3) is 0.333. The first kappa shape index (κ1) is 13.5. The van der Waals surface area contributed by atoms with E-state index in [9.17, 15) is 4.79 Å². The third-order valence-electron chi connectivity index (χ3n) is 3.21. The predicted octanol–water partition coefficient (Wildman–Crippen LogP) is 2.04. The molecule has 1 aromatic carbocycles. The lowest BCUT2D eigenvalue weighted by molar-refractivity contribution is 0.0914. The average molecular weight is 258 g/mol. The molecular weight excluding hydrogens is 240 g/mol. The number of benzene rings is 1. The van der Waals surface area contributed by atoms with Crippen LogP contribution in [0.2, 0.25) is 0 Å². The topological polar surface area (TPSA) is 62.2 Å². The lowest BCUT2D eigenvalue weighted by atomic mass is 10.1. The molecular formula is C15H18N2O2. The van der Waals surface area contributed by atoms with E-state index >= 15 is 0 Å². The number of nitrogens with one attached hydrogen (secondary N) is 1. The third-order valence-corrected chi connectivity index (χ3v) is 3.21. The SMILES string of the molecule is CCC(CO)NC(=O)c1cc2ccccc2nc1C. The highest BCUT2D eigenvalue weighted by molar-refractivity contribution is 5.98. The van der Waals surface area contributed by atoms with Crippen LogP contribution in [0.15, 0.2) is 30.3 Å². The molecule has 1 atom stereocenters. The molecule has 0 spiro atoms. The molecule has 1 aromatic heterocycles. The molecule has 0 fully saturated rings. The van der Waals surface area contributed by atoms with Crippen LogP contribution in [0.25, 0.3) is 10.9 Å². The Balaban J connectivity index is 2.33. The predicted molar refractivity (Wildman–Crippen MR) is 75.1 cm³/mol. The van der Waals surface area contributed by atoms with Gasteiger partial charge >= 0.3 is 0 Å². The van der Waals surface area contributed by atoms with Gasteiger partial charge in [-0.05, 0) is 25.5 Å². The van der Waals surface area contributed by atoms with Crippen molar-refractivity contribution in [3.05, 3.63) is 41.6 Å². The number of para-hydroxylation sites is 1. The Bertz CT molecular complexity index is 592. The van der Waals surface area contributed by atoms with Crippen molar-refractivity contribution in [1.29, 1.82) is 0 Å². The summed E-state index contributed by atoms with van der Waals surface area (Å²) in [6, 6.07) is 9.33. The first-order chi connectivity index (χ1) is 9.15. The number of pyridine rings is 1. The number of hydrogen-bond acceptors (Lipinski definition) is 3. The number of carbonyl (C=O) groups excluding carboxylic acids is 1. The highest BCUT2D eigenvalue weighted by Gasteiger charge is 2.14. The minimum absolute atomic E-state index is 0.0533. The number of fused-ring (bicyclic) bond motifs is 1. The van der Waals surface area contributed by atoms with Gasteiger partial charge in [0, 0.05) is 5.39 Å². The van der Waals surface area contributed by atoms with E-state index in [1.165, 1.54) is 0 Å². The highest BCUT2D eigenvalue weighted by atomic mass is 16.3. The molecule has 1 unspecified atom stereocenters. The molecule has 1 amide bonds. The highest BCUT2D eigenvalue weighted by Crippen LogP contribution is 2.16. The Morgan fingerprint density at radius 1 is 1.42 bits per heavy atom. The Morgan fingerprint density at radius 2 is 2.16 bits per heavy atom. The fourth-order valence-electron chi connectivity index (χ4n) is 1.98. The molecule has 4 nitrogen and oxygen atoms in total. The Labute approximate surface area is 112 Å². The number of amides is 1. The van der Waals surface area contributed by atoms with Crippen molar-refractivity contribution in [3.8, 4) is 0 Å². The minimum Gasteiger partial charge on any atom is -0.394 e. The van der Waals surface area contributed by atoms with Crippen molar-refractivity contribution in [2.24, 2.45) is 0 Å². The summed E-state index contributed by atoms with van der Waals surface area (Å²) in [7, 11) is 0. The van der Waals surface area contributed by atoms with Crippen LogP contribution in [0.5, 0.6) is 0 Å². The van der Waals surface area contributed by atoms with Gasteiger partial charge in [-0.2, -0.15) is 0 Å². The van der Waals surface area contributed by atoms with E-state index in [-0.39, 0.29) is 18.6 Å². The Hall–Kier alpha value is -1.94. The Morgan fingerprint density at radius 3 is 2.84 bits per heavy atom. The fourth-order valence-corrected chi connectivity index (χ4v) is 1.98. The van der Waals surface area contributed by atoms with Crippen LogP contribution in [0.3, 0.4) is 0 Å². The summed E-state index contributed by atoms with van der Waals surface area (Å²) >= 11 is 0. The number of rotatable bonds is 4. The van der Waals surface area contributed by atoms with E-state index < -0.39 is 0 Å². The van der Waals surface area contributed by atoms with Crippen LogP contribution < -0.4 is 5.32 Å². The van der Waals surface area contributed by atoms with Gasteiger partial charge in [0.05, 0.1) is 29.4 Å². The quantitative estimate of drug-likeness (QED) is 0.882. The van der Waals surface area contributed by atoms with E-state index in [0.717, 1.165) is 10.9 Å². The maximum absolute atomic E-state index is 12.2. The van der Waals surface area contributed by atoms with Gasteiger partial charge in [0.2, 0.25) is 0 Å². The van der Waals surface area contributed by atoms with E-state index in [2.05, 4.69) is 10.3 Å². The van der Waals surface area contributed by atoms with Gasteiger partial charge in [-0.3, -0.25) is 9.78 Å². The lowest BCUT2D eigenvalue weighted by Crippen LogP contribution is -2.37. The summed E-state index contributed by atoms with van der Waals surface area (Å²) in [6.07, 6.45) is 0.697. The molecule has 0 aliphatic rings. The molecule has 0 saturated heterocycles. The molecule has 1 heterocycles. The van der Waals surface area contributed by atoms with Crippen molar-refractivity contribution in [1.82, 2.24) is 10.3 Å². The first-order valence-electron chi connectivity index (χ1n) is 6.43. The van der Waals surface area contributed by atoms with Crippen LogP contribution in [-0.2, 0) is 0 Å². The Kier molecular flexibility index (Phi) is 4.12. The first-order valence-corrected chi connectivity index (χ1v) is 6.43. The molecule has 2 rings (SSSR count). The molecule has 0 aliphatic heterocycles. The number of carbonyl (C=O) groups is 1. The number of nitrogens with zero attached hydrogens (tertiary/aromatic N) is 1. The van der Waals surface area contributed by atoms with Crippen LogP contribution >= 0.6 is 0 Å². The second kappa shape index (κ2) is 5.80. The summed E-state index contributed by atoms with van der Waals surface area (Å²) in [5.41, 5.74) is 2.14. The number of aliphatic hydroxyl groups is 1. The van der Waals surface area contributed by atoms with Gasteiger partial charge in [0.1, 0.15) is 0 Å². The van der Waals surface area contributed by atoms with Crippen molar-refractivity contribution in [2.45, 2.75) is 26.3 Å². The van der Waals surface area contributed by atoms with E-state index in [1.54, 1.807) is 0 Å². The number of hydrogen-bond donors (Lipinski definition) is 2. The zero-order valence-corrected chi connectivity index (χ0v) is 11.2. The summed E-state index contributed by atoms with van der Waals surface area (Å²) < 4.78 is 0. The normalized spacial score (nSPS) is 12.4. The van der Waals surface area contributed by atoms with Gasteiger partial charge in [0.25, 0.3) is 5.91 Å². The molecule has 0 radical (unpaired) electrons. The number of aromatic nitrogens is 1. The summed E-state index contributed by atoms with van der Waals surface area (Å²) in [5, 5.41) is 12.9. The third kappa shape index (κ3) is 2.90. The second-order valence-corrected chi connectivity index (χ2v) is 4.58. The average Bonchev–Trinajstić information content (AvgIpc) is 2.43. The van der Waals surface area contributed by atoms with Gasteiger partial charge in [0.15, 0.2) is 0 Å². The maximum Gasteiger partial charge on any atom is 0.253 e. The van der Waals surface area contributed by atoms with Crippen LogP contribution in [0, 0.1) is 6.92 Å². The van der Waals surface area contributed by atoms with E-state index in [1.807, 2.05) is 44.2 Å². The molecule has 0 saturated carbocycles. The number of aliphatic hydroxyl groups excluding tert-OH is 1. The van der Waals surface area contributed by atoms with Crippen molar-refractivity contribution < 1.29 is 9.90 Å². The zero-order valence-electron chi connectivity index (χ0n) is 11.2. The van der Waals surface area contributed by atoms with Gasteiger partial charge in [-0.15, -0.1) is 0 Å². The smallest absolute Gasteiger partial charge is 0.253 e. The number of aryl methyl sites for hydroxylation is 1. The molecule has 100 valence electrons. The summed E-state index contributed by atoms with van der Waals surface area (Å²) in [5.74, 6) is -0.184. The van der Waals surface area contributed by atoms with E-state index in [4.69, 9.17) is 5.11 Å². The standard InChI is InChI=1S/C15H18N2O2/c1-3-12(9-18)17-15(19)13-8-11-6-4-5-7-14(11)16-10(13)2/h4-8,12,18H,3,9H2,1-2H3,(H,17,19). The summed E-state index contributed by atoms with van der Waals surface area (Å²) in [6.45, 7) is 3.69. The van der Waals surface area contributed by atoms with Crippen LogP contribution in [0.1, 0.15) is 29.4 Å². The van der Waals surface area contributed by atoms with Crippen LogP contribution in [0.4, 0.5) is 0 Å². The monoisotopic (exact) mass is 258 g/mol.